The molecule has 0 spiro atoms. The van der Waals surface area contributed by atoms with E-state index in [1.807, 2.05) is 0 Å². The van der Waals surface area contributed by atoms with Crippen LogP contribution in [0.4, 0.5) is 17.6 Å². The van der Waals surface area contributed by atoms with Crippen molar-refractivity contribution in [3.63, 3.8) is 0 Å². The van der Waals surface area contributed by atoms with Gasteiger partial charge in [-0.15, -0.1) is 0 Å². The molecule has 0 aliphatic carbocycles. The normalized spacial score (nSPS) is 13.9. The molecule has 0 saturated carbocycles. The first kappa shape index (κ1) is 19.5. The number of halogens is 5. The molecule has 2 heterocycles. The summed E-state index contributed by atoms with van der Waals surface area (Å²) in [6.45, 7) is 1.57. The average molecular weight is 423 g/mol. The minimum Gasteiger partial charge on any atom is -0.231 e. The third kappa shape index (κ3) is 3.89. The fourth-order valence-electron chi connectivity index (χ4n) is 2.34. The topological polar surface area (TPSA) is 76.4 Å². The summed E-state index contributed by atoms with van der Waals surface area (Å²) in [7, 11) is -4.68. The van der Waals surface area contributed by atoms with E-state index in [1.165, 1.54) is 6.07 Å². The van der Waals surface area contributed by atoms with Crippen molar-refractivity contribution in [3.8, 4) is 0 Å². The molecule has 0 aliphatic rings. The number of aryl methyl sites for hydroxylation is 1. The van der Waals surface area contributed by atoms with E-state index >= 15 is 0 Å². The molecule has 0 amide bonds. The molecule has 12 heteroatoms. The van der Waals surface area contributed by atoms with Crippen molar-refractivity contribution in [1.29, 1.82) is 0 Å². The molecule has 1 N–H and O–H groups in total. The van der Waals surface area contributed by atoms with E-state index < -0.39 is 38.6 Å². The number of alkyl halides is 3. The molecule has 0 unspecified atom stereocenters. The maximum absolute atomic E-state index is 13.4. The zero-order valence-electron chi connectivity index (χ0n) is 13.5. The number of hydrogen-bond donors (Lipinski definition) is 1. The van der Waals surface area contributed by atoms with Crippen molar-refractivity contribution in [3.05, 3.63) is 58.6 Å². The molecule has 0 aliphatic heterocycles. The molecule has 0 fully saturated rings. The predicted molar refractivity (Wildman–Crippen MR) is 88.3 cm³/mol. The fourth-order valence-corrected chi connectivity index (χ4v) is 3.64. The van der Waals surface area contributed by atoms with Crippen LogP contribution in [0.2, 0.25) is 5.15 Å². The number of imidazole rings is 1. The van der Waals surface area contributed by atoms with Gasteiger partial charge in [-0.1, -0.05) is 23.7 Å². The van der Waals surface area contributed by atoms with Gasteiger partial charge in [-0.05, 0) is 36.8 Å². The van der Waals surface area contributed by atoms with Crippen molar-refractivity contribution in [2.24, 2.45) is 0 Å². The van der Waals surface area contributed by atoms with Gasteiger partial charge in [0.25, 0.3) is 10.0 Å². The minimum atomic E-state index is -4.96. The Morgan fingerprint density at radius 2 is 1.78 bits per heavy atom. The van der Waals surface area contributed by atoms with Crippen LogP contribution in [0.25, 0.3) is 5.65 Å². The number of fused-ring (bicyclic) bond motifs is 1. The summed E-state index contributed by atoms with van der Waals surface area (Å²) in [6, 6.07) is 3.01. The summed E-state index contributed by atoms with van der Waals surface area (Å²) in [5, 5.41) is 3.11. The molecule has 0 radical (unpaired) electrons. The molecule has 1 atom stereocenters. The van der Waals surface area contributed by atoms with Gasteiger partial charge in [0.05, 0.1) is 5.69 Å². The highest BCUT2D eigenvalue weighted by Crippen LogP contribution is 2.34. The second kappa shape index (κ2) is 6.73. The second-order valence-electron chi connectivity index (χ2n) is 5.58. The first-order chi connectivity index (χ1) is 12.5. The van der Waals surface area contributed by atoms with Gasteiger partial charge in [0.15, 0.2) is 15.8 Å². The molecule has 6 nitrogen and oxygen atoms in total. The van der Waals surface area contributed by atoms with Crippen LogP contribution < -0.4 is 4.72 Å². The maximum Gasteiger partial charge on any atom is 0.408 e. The van der Waals surface area contributed by atoms with Crippen LogP contribution in [0, 0.1) is 12.7 Å². The van der Waals surface area contributed by atoms with E-state index in [0.29, 0.717) is 5.69 Å². The Morgan fingerprint density at radius 3 is 2.37 bits per heavy atom. The van der Waals surface area contributed by atoms with Gasteiger partial charge in [-0.3, -0.25) is 0 Å². The lowest BCUT2D eigenvalue weighted by atomic mass is 10.1. The van der Waals surface area contributed by atoms with Gasteiger partial charge < -0.3 is 0 Å². The maximum atomic E-state index is 13.4. The van der Waals surface area contributed by atoms with Crippen LogP contribution in [0.5, 0.6) is 0 Å². The van der Waals surface area contributed by atoms with Crippen molar-refractivity contribution in [2.45, 2.75) is 24.2 Å². The molecule has 0 saturated heterocycles. The van der Waals surface area contributed by atoms with E-state index in [2.05, 4.69) is 10.1 Å². The number of nitrogens with one attached hydrogen (secondary N) is 1. The first-order valence-electron chi connectivity index (χ1n) is 7.35. The number of rotatable bonds is 4. The van der Waals surface area contributed by atoms with Crippen LogP contribution in [-0.4, -0.2) is 29.2 Å². The van der Waals surface area contributed by atoms with Gasteiger partial charge in [0.1, 0.15) is 11.9 Å². The standard InChI is InChI=1S/C15H11ClF4N4O2S/c1-8-14(16)24-11(21-8)6-7-12(22-24)27(25,26)23-13(15(18,19)20)9-2-4-10(17)5-3-9/h2-7,13,23H,1H3/t13-/m1/s1. The van der Waals surface area contributed by atoms with Gasteiger partial charge in [-0.25, -0.2) is 22.3 Å². The number of benzene rings is 1. The Balaban J connectivity index is 2.02. The van der Waals surface area contributed by atoms with Crippen molar-refractivity contribution < 1.29 is 26.0 Å². The zero-order chi connectivity index (χ0) is 20.0. The number of nitrogens with zero attached hydrogens (tertiary/aromatic N) is 3. The van der Waals surface area contributed by atoms with Gasteiger partial charge in [-0.2, -0.15) is 23.0 Å². The Bertz CT molecular complexity index is 1100. The number of hydrogen-bond acceptors (Lipinski definition) is 4. The molecule has 3 aromatic rings. The molecule has 1 aromatic carbocycles. The zero-order valence-corrected chi connectivity index (χ0v) is 15.1. The summed E-state index contributed by atoms with van der Waals surface area (Å²) < 4.78 is 80.7. The summed E-state index contributed by atoms with van der Waals surface area (Å²) in [5.41, 5.74) is 0.151. The highest BCUT2D eigenvalue weighted by molar-refractivity contribution is 7.89. The molecule has 3 rings (SSSR count). The molecule has 2 aromatic heterocycles. The molecule has 0 bridgehead atoms. The van der Waals surface area contributed by atoms with Gasteiger partial charge in [0, 0.05) is 0 Å². The van der Waals surface area contributed by atoms with Crippen LogP contribution in [0.15, 0.2) is 41.4 Å². The van der Waals surface area contributed by atoms with E-state index in [-0.39, 0.29) is 10.8 Å². The summed E-state index contributed by atoms with van der Waals surface area (Å²) in [6.07, 6.45) is -4.96. The smallest absolute Gasteiger partial charge is 0.231 e. The lowest BCUT2D eigenvalue weighted by molar-refractivity contribution is -0.153. The highest BCUT2D eigenvalue weighted by atomic mass is 35.5. The highest BCUT2D eigenvalue weighted by Gasteiger charge is 2.43. The first-order valence-corrected chi connectivity index (χ1v) is 9.21. The van der Waals surface area contributed by atoms with E-state index in [1.54, 1.807) is 11.6 Å². The van der Waals surface area contributed by atoms with Crippen LogP contribution >= 0.6 is 11.6 Å². The number of aromatic nitrogens is 3. The van der Waals surface area contributed by atoms with E-state index in [9.17, 15) is 26.0 Å². The Morgan fingerprint density at radius 1 is 1.15 bits per heavy atom. The van der Waals surface area contributed by atoms with Crippen molar-refractivity contribution in [1.82, 2.24) is 19.3 Å². The van der Waals surface area contributed by atoms with E-state index in [4.69, 9.17) is 11.6 Å². The van der Waals surface area contributed by atoms with Crippen LogP contribution in [0.3, 0.4) is 0 Å². The van der Waals surface area contributed by atoms with Gasteiger partial charge in [0.2, 0.25) is 0 Å². The van der Waals surface area contributed by atoms with Crippen LogP contribution in [-0.2, 0) is 10.0 Å². The van der Waals surface area contributed by atoms with Crippen molar-refractivity contribution in [2.75, 3.05) is 0 Å². The molecular formula is C15H11ClF4N4O2S. The fraction of sp³-hybridized carbons (Fsp3) is 0.200. The quantitative estimate of drug-likeness (QED) is 0.654. The third-order valence-corrected chi connectivity index (χ3v) is 5.38. The van der Waals surface area contributed by atoms with Gasteiger partial charge >= 0.3 is 6.18 Å². The van der Waals surface area contributed by atoms with Crippen LogP contribution in [0.1, 0.15) is 17.3 Å². The number of sulfonamides is 1. The summed E-state index contributed by atoms with van der Waals surface area (Å²) >= 11 is 5.96. The Hall–Kier alpha value is -2.24. The van der Waals surface area contributed by atoms with Crippen molar-refractivity contribution >= 4 is 27.3 Å². The third-order valence-electron chi connectivity index (χ3n) is 3.64. The molecular weight excluding hydrogens is 412 g/mol. The Kier molecular flexibility index (Phi) is 4.87. The SMILES string of the molecule is Cc1nc2ccc(S(=O)(=O)N[C@H](c3ccc(F)cc3)C(F)(F)F)nn2c1Cl. The monoisotopic (exact) mass is 422 g/mol. The largest absolute Gasteiger partial charge is 0.408 e. The Labute approximate surface area is 155 Å². The molecule has 27 heavy (non-hydrogen) atoms. The summed E-state index contributed by atoms with van der Waals surface area (Å²) in [5.74, 6) is -0.750. The molecule has 144 valence electrons. The lowest BCUT2D eigenvalue weighted by Crippen LogP contribution is -2.38. The van der Waals surface area contributed by atoms with E-state index in [0.717, 1.165) is 34.8 Å². The average Bonchev–Trinajstić information content (AvgIpc) is 2.87. The minimum absolute atomic E-state index is 0.0351. The summed E-state index contributed by atoms with van der Waals surface area (Å²) in [4.78, 5) is 4.03. The second-order valence-corrected chi connectivity index (χ2v) is 7.60. The predicted octanol–water partition coefficient (Wildman–Crippen LogP) is 3.41. The lowest BCUT2D eigenvalue weighted by Gasteiger charge is -2.21.